The first-order valence-electron chi connectivity index (χ1n) is 6.39. The summed E-state index contributed by atoms with van der Waals surface area (Å²) in [6.45, 7) is 14.8. The van der Waals surface area contributed by atoms with Crippen molar-refractivity contribution in [2.24, 2.45) is 5.92 Å². The van der Waals surface area contributed by atoms with Crippen molar-refractivity contribution in [1.29, 1.82) is 0 Å². The summed E-state index contributed by atoms with van der Waals surface area (Å²) in [5.41, 5.74) is 4.32. The van der Waals surface area contributed by atoms with Gasteiger partial charge in [0.1, 0.15) is 0 Å². The van der Waals surface area contributed by atoms with Crippen molar-refractivity contribution in [2.75, 3.05) is 0 Å². The summed E-state index contributed by atoms with van der Waals surface area (Å²) in [6, 6.07) is 0. The molecule has 0 bridgehead atoms. The molecule has 0 aromatic rings. The molecule has 1 rings (SSSR count). The zero-order valence-electron chi connectivity index (χ0n) is 11.8. The van der Waals surface area contributed by atoms with Crippen LogP contribution in [0.1, 0.15) is 60.3 Å². The lowest BCUT2D eigenvalue weighted by Gasteiger charge is -2.05. The van der Waals surface area contributed by atoms with Crippen LogP contribution in [-0.4, -0.2) is 0 Å². The van der Waals surface area contributed by atoms with Crippen molar-refractivity contribution in [3.8, 4) is 0 Å². The average molecular weight is 220 g/mol. The van der Waals surface area contributed by atoms with Gasteiger partial charge in [0.05, 0.1) is 0 Å². The molecule has 0 heterocycles. The monoisotopic (exact) mass is 220 g/mol. The minimum Gasteiger partial charge on any atom is -0.100 e. The molecule has 0 saturated heterocycles. The molecule has 0 fully saturated rings. The lowest BCUT2D eigenvalue weighted by atomic mass is 10.0. The number of hydrogen-bond donors (Lipinski definition) is 0. The minimum atomic E-state index is 0.826. The first-order valence-corrected chi connectivity index (χ1v) is 6.39. The van der Waals surface area contributed by atoms with E-state index in [0.29, 0.717) is 0 Å². The molecule has 0 aromatic carbocycles. The zero-order valence-corrected chi connectivity index (χ0v) is 11.8. The van der Waals surface area contributed by atoms with Crippen molar-refractivity contribution >= 4 is 0 Å². The summed E-state index contributed by atoms with van der Waals surface area (Å²) in [5, 5.41) is 0. The van der Waals surface area contributed by atoms with Crippen LogP contribution in [0.5, 0.6) is 0 Å². The summed E-state index contributed by atoms with van der Waals surface area (Å²) >= 11 is 0. The molecule has 0 radical (unpaired) electrons. The Labute approximate surface area is 102 Å². The summed E-state index contributed by atoms with van der Waals surface area (Å²) in [4.78, 5) is 0. The molecule has 1 aliphatic rings. The van der Waals surface area contributed by atoms with Crippen molar-refractivity contribution < 1.29 is 0 Å². The Morgan fingerprint density at radius 1 is 1.19 bits per heavy atom. The maximum Gasteiger partial charge on any atom is -0.0283 e. The van der Waals surface area contributed by atoms with Crippen LogP contribution in [0.15, 0.2) is 35.5 Å². The van der Waals surface area contributed by atoms with Gasteiger partial charge in [-0.1, -0.05) is 42.7 Å². The third-order valence-corrected chi connectivity index (χ3v) is 2.71. The largest absolute Gasteiger partial charge is 0.100 e. The SMILES string of the molecule is C=C(C)CCC(C)C.CC1=CC=C(C)CC1. The molecule has 0 aliphatic heterocycles. The lowest BCUT2D eigenvalue weighted by Crippen LogP contribution is -1.85. The van der Waals surface area contributed by atoms with Crippen LogP contribution in [0.2, 0.25) is 0 Å². The molecule has 16 heavy (non-hydrogen) atoms. The van der Waals surface area contributed by atoms with E-state index in [1.165, 1.54) is 42.4 Å². The molecule has 0 N–H and O–H groups in total. The predicted octanol–water partition coefficient (Wildman–Crippen LogP) is 5.67. The maximum atomic E-state index is 3.83. The lowest BCUT2D eigenvalue weighted by molar-refractivity contribution is 0.585. The van der Waals surface area contributed by atoms with Crippen LogP contribution in [0.4, 0.5) is 0 Å². The van der Waals surface area contributed by atoms with Crippen molar-refractivity contribution in [3.63, 3.8) is 0 Å². The predicted molar refractivity (Wildman–Crippen MR) is 75.6 cm³/mol. The molecule has 0 aromatic heterocycles. The van der Waals surface area contributed by atoms with Gasteiger partial charge in [-0.05, 0) is 52.4 Å². The number of hydrogen-bond acceptors (Lipinski definition) is 0. The molecule has 0 unspecified atom stereocenters. The van der Waals surface area contributed by atoms with E-state index in [2.05, 4.69) is 53.3 Å². The summed E-state index contributed by atoms with van der Waals surface area (Å²) < 4.78 is 0. The third kappa shape index (κ3) is 9.76. The zero-order chi connectivity index (χ0) is 12.6. The molecule has 0 atom stereocenters. The number of rotatable bonds is 3. The molecule has 0 nitrogen and oxygen atoms in total. The highest BCUT2D eigenvalue weighted by atomic mass is 14.0. The topological polar surface area (TPSA) is 0 Å². The Bertz CT molecular complexity index is 246. The summed E-state index contributed by atoms with van der Waals surface area (Å²) in [7, 11) is 0. The Kier molecular flexibility index (Phi) is 7.97. The van der Waals surface area contributed by atoms with Crippen LogP contribution in [-0.2, 0) is 0 Å². The Hall–Kier alpha value is -0.780. The molecule has 1 aliphatic carbocycles. The first-order chi connectivity index (χ1) is 7.41. The summed E-state index contributed by atoms with van der Waals surface area (Å²) in [5.74, 6) is 0.826. The molecule has 0 spiro atoms. The van der Waals surface area contributed by atoms with Crippen molar-refractivity contribution in [3.05, 3.63) is 35.5 Å². The molecule has 0 heteroatoms. The fraction of sp³-hybridized carbons (Fsp3) is 0.625. The Balaban J connectivity index is 0.000000281. The Morgan fingerprint density at radius 3 is 1.81 bits per heavy atom. The number of allylic oxidation sites excluding steroid dienone is 5. The van der Waals surface area contributed by atoms with Gasteiger partial charge in [-0.2, -0.15) is 0 Å². The highest BCUT2D eigenvalue weighted by Crippen LogP contribution is 2.16. The molecule has 0 amide bonds. The van der Waals surface area contributed by atoms with Gasteiger partial charge in [0.2, 0.25) is 0 Å². The van der Waals surface area contributed by atoms with E-state index in [-0.39, 0.29) is 0 Å². The fourth-order valence-electron chi connectivity index (χ4n) is 1.38. The second-order valence-electron chi connectivity index (χ2n) is 5.42. The highest BCUT2D eigenvalue weighted by molar-refractivity contribution is 5.20. The molecule has 92 valence electrons. The fourth-order valence-corrected chi connectivity index (χ4v) is 1.38. The van der Waals surface area contributed by atoms with Crippen LogP contribution < -0.4 is 0 Å². The van der Waals surface area contributed by atoms with Crippen LogP contribution in [0.3, 0.4) is 0 Å². The van der Waals surface area contributed by atoms with E-state index in [0.717, 1.165) is 5.92 Å². The molecular formula is C16H28. The standard InChI is InChI=1S/C8H12.C8H16/c1-7-3-5-8(2)6-4-7;1-7(2)5-6-8(3)4/h3,5H,4,6H2,1-2H3;8H,1,5-6H2,2-4H3. The first kappa shape index (κ1) is 15.2. The highest BCUT2D eigenvalue weighted by Gasteiger charge is 1.95. The van der Waals surface area contributed by atoms with Gasteiger partial charge in [0, 0.05) is 0 Å². The molecule has 0 saturated carbocycles. The van der Waals surface area contributed by atoms with Gasteiger partial charge in [-0.15, -0.1) is 6.58 Å². The van der Waals surface area contributed by atoms with Gasteiger partial charge in [0.15, 0.2) is 0 Å². The van der Waals surface area contributed by atoms with E-state index in [4.69, 9.17) is 0 Å². The van der Waals surface area contributed by atoms with Crippen molar-refractivity contribution in [2.45, 2.75) is 60.3 Å². The van der Waals surface area contributed by atoms with Gasteiger partial charge < -0.3 is 0 Å². The Morgan fingerprint density at radius 2 is 1.62 bits per heavy atom. The second kappa shape index (κ2) is 8.38. The normalized spacial score (nSPS) is 14.9. The quantitative estimate of drug-likeness (QED) is 0.537. The smallest absolute Gasteiger partial charge is 0.0283 e. The van der Waals surface area contributed by atoms with Crippen molar-refractivity contribution in [1.82, 2.24) is 0 Å². The van der Waals surface area contributed by atoms with Gasteiger partial charge in [-0.3, -0.25) is 0 Å². The van der Waals surface area contributed by atoms with E-state index in [9.17, 15) is 0 Å². The van der Waals surface area contributed by atoms with Crippen LogP contribution in [0.25, 0.3) is 0 Å². The van der Waals surface area contributed by atoms with E-state index in [1.54, 1.807) is 0 Å². The third-order valence-electron chi connectivity index (χ3n) is 2.71. The van der Waals surface area contributed by atoms with Crippen LogP contribution in [0, 0.1) is 5.92 Å². The van der Waals surface area contributed by atoms with Gasteiger partial charge in [-0.25, -0.2) is 0 Å². The van der Waals surface area contributed by atoms with E-state index < -0.39 is 0 Å². The molecular weight excluding hydrogens is 192 g/mol. The summed E-state index contributed by atoms with van der Waals surface area (Å²) in [6.07, 6.45) is 9.43. The minimum absolute atomic E-state index is 0.826. The van der Waals surface area contributed by atoms with Gasteiger partial charge >= 0.3 is 0 Å². The maximum absolute atomic E-state index is 3.83. The average Bonchev–Trinajstić information content (AvgIpc) is 2.20. The van der Waals surface area contributed by atoms with Gasteiger partial charge in [0.25, 0.3) is 0 Å². The van der Waals surface area contributed by atoms with E-state index in [1.807, 2.05) is 0 Å². The van der Waals surface area contributed by atoms with E-state index >= 15 is 0 Å². The second-order valence-corrected chi connectivity index (χ2v) is 5.42. The van der Waals surface area contributed by atoms with Crippen LogP contribution >= 0.6 is 0 Å².